The molecule has 3 rings (SSSR count). The van der Waals surface area contributed by atoms with Gasteiger partial charge in [0, 0.05) is 17.9 Å². The number of anilines is 1. The Morgan fingerprint density at radius 3 is 2.61 bits per heavy atom. The van der Waals surface area contributed by atoms with Crippen molar-refractivity contribution in [3.8, 4) is 0 Å². The highest BCUT2D eigenvalue weighted by atomic mass is 15.1. The molecule has 2 saturated carbocycles. The van der Waals surface area contributed by atoms with Gasteiger partial charge >= 0.3 is 0 Å². The maximum Gasteiger partial charge on any atom is 0.223 e. The molecule has 2 aliphatic rings. The minimum Gasteiger partial charge on any atom is -0.354 e. The average Bonchev–Trinajstić information content (AvgIpc) is 3.17. The van der Waals surface area contributed by atoms with Crippen LogP contribution in [0.15, 0.2) is 6.07 Å². The zero-order valence-electron chi connectivity index (χ0n) is 11.7. The lowest BCUT2D eigenvalue weighted by Crippen LogP contribution is -2.19. The van der Waals surface area contributed by atoms with Gasteiger partial charge in [0.25, 0.3) is 0 Å². The second kappa shape index (κ2) is 4.22. The molecule has 0 bridgehead atoms. The molecular formula is C15H23N3. The van der Waals surface area contributed by atoms with Crippen molar-refractivity contribution < 1.29 is 0 Å². The first-order valence-electron chi connectivity index (χ1n) is 7.18. The average molecular weight is 245 g/mol. The van der Waals surface area contributed by atoms with Crippen LogP contribution in [-0.2, 0) is 0 Å². The van der Waals surface area contributed by atoms with Crippen LogP contribution in [-0.4, -0.2) is 16.5 Å². The van der Waals surface area contributed by atoms with Gasteiger partial charge in [-0.2, -0.15) is 0 Å². The van der Waals surface area contributed by atoms with Gasteiger partial charge in [0.15, 0.2) is 0 Å². The number of aryl methyl sites for hydroxylation is 1. The maximum atomic E-state index is 4.62. The van der Waals surface area contributed by atoms with E-state index in [0.29, 0.717) is 11.3 Å². The van der Waals surface area contributed by atoms with Gasteiger partial charge in [-0.25, -0.2) is 9.97 Å². The number of hydrogen-bond acceptors (Lipinski definition) is 3. The minimum absolute atomic E-state index is 0.463. The molecule has 0 aromatic carbocycles. The first kappa shape index (κ1) is 11.9. The van der Waals surface area contributed by atoms with Gasteiger partial charge in [0.2, 0.25) is 5.95 Å². The smallest absolute Gasteiger partial charge is 0.223 e. The summed E-state index contributed by atoms with van der Waals surface area (Å²) in [6, 6.07) is 2.09. The summed E-state index contributed by atoms with van der Waals surface area (Å²) in [5, 5.41) is 3.48. The third-order valence-electron chi connectivity index (χ3n) is 4.40. The normalized spacial score (nSPS) is 21.1. The van der Waals surface area contributed by atoms with E-state index in [9.17, 15) is 0 Å². The monoisotopic (exact) mass is 245 g/mol. The third-order valence-corrected chi connectivity index (χ3v) is 4.40. The molecule has 3 heteroatoms. The van der Waals surface area contributed by atoms with Crippen molar-refractivity contribution >= 4 is 5.95 Å². The Morgan fingerprint density at radius 1 is 1.33 bits per heavy atom. The van der Waals surface area contributed by atoms with E-state index in [-0.39, 0.29) is 0 Å². The molecule has 0 unspecified atom stereocenters. The van der Waals surface area contributed by atoms with Crippen LogP contribution in [0.4, 0.5) is 5.95 Å². The van der Waals surface area contributed by atoms with Crippen LogP contribution in [0.3, 0.4) is 0 Å². The van der Waals surface area contributed by atoms with Crippen LogP contribution >= 0.6 is 0 Å². The first-order valence-corrected chi connectivity index (χ1v) is 7.18. The Balaban J connectivity index is 1.68. The summed E-state index contributed by atoms with van der Waals surface area (Å²) >= 11 is 0. The van der Waals surface area contributed by atoms with Gasteiger partial charge in [-0.1, -0.05) is 13.8 Å². The molecule has 1 aromatic rings. The molecule has 1 aromatic heterocycles. The number of nitrogens with zero attached hydrogens (tertiary/aromatic N) is 2. The Kier molecular flexibility index (Phi) is 2.80. The van der Waals surface area contributed by atoms with Crippen LogP contribution in [0.25, 0.3) is 0 Å². The van der Waals surface area contributed by atoms with Crippen LogP contribution < -0.4 is 5.32 Å². The Morgan fingerprint density at radius 2 is 2.06 bits per heavy atom. The second-order valence-electron chi connectivity index (χ2n) is 6.40. The summed E-state index contributed by atoms with van der Waals surface area (Å²) < 4.78 is 0. The fraction of sp³-hybridized carbons (Fsp3) is 0.733. The van der Waals surface area contributed by atoms with Gasteiger partial charge in [-0.3, -0.25) is 0 Å². The Bertz CT molecular complexity index is 445. The molecule has 1 heterocycles. The molecule has 0 amide bonds. The van der Waals surface area contributed by atoms with E-state index in [2.05, 4.69) is 35.2 Å². The molecule has 2 fully saturated rings. The molecule has 18 heavy (non-hydrogen) atoms. The molecule has 0 saturated heterocycles. The molecule has 0 atom stereocenters. The van der Waals surface area contributed by atoms with Crippen molar-refractivity contribution in [2.24, 2.45) is 11.3 Å². The molecule has 0 radical (unpaired) electrons. The minimum atomic E-state index is 0.463. The Hall–Kier alpha value is -1.12. The molecule has 0 spiro atoms. The number of aromatic nitrogens is 2. The summed E-state index contributed by atoms with van der Waals surface area (Å²) in [4.78, 5) is 9.13. The molecule has 3 nitrogen and oxygen atoms in total. The predicted octanol–water partition coefficient (Wildman–Crippen LogP) is 3.51. The van der Waals surface area contributed by atoms with Gasteiger partial charge in [0.05, 0.1) is 0 Å². The second-order valence-corrected chi connectivity index (χ2v) is 6.40. The first-order chi connectivity index (χ1) is 8.59. The fourth-order valence-corrected chi connectivity index (χ4v) is 2.81. The van der Waals surface area contributed by atoms with E-state index in [1.54, 1.807) is 0 Å². The topological polar surface area (TPSA) is 37.8 Å². The highest BCUT2D eigenvalue weighted by Crippen LogP contribution is 2.61. The lowest BCUT2D eigenvalue weighted by molar-refractivity contribution is 0.465. The molecule has 0 aliphatic heterocycles. The molecule has 1 N–H and O–H groups in total. The lowest BCUT2D eigenvalue weighted by atomic mass is 10.0. The fourth-order valence-electron chi connectivity index (χ4n) is 2.81. The highest BCUT2D eigenvalue weighted by molar-refractivity contribution is 5.30. The SMILES string of the molecule is Cc1cc(C(C)C)nc(NCC2(C3CC3)CC2)n1. The molecule has 2 aliphatic carbocycles. The van der Waals surface area contributed by atoms with Crippen LogP contribution in [0.5, 0.6) is 0 Å². The number of hydrogen-bond donors (Lipinski definition) is 1. The summed E-state index contributed by atoms with van der Waals surface area (Å²) in [6.07, 6.45) is 5.67. The van der Waals surface area contributed by atoms with E-state index in [4.69, 9.17) is 0 Å². The van der Waals surface area contributed by atoms with Crippen molar-refractivity contribution in [3.05, 3.63) is 17.5 Å². The van der Waals surface area contributed by atoms with E-state index in [0.717, 1.165) is 29.8 Å². The molecule has 98 valence electrons. The summed E-state index contributed by atoms with van der Waals surface area (Å²) in [7, 11) is 0. The van der Waals surface area contributed by atoms with Crippen LogP contribution in [0, 0.1) is 18.3 Å². The molecular weight excluding hydrogens is 222 g/mol. The zero-order valence-corrected chi connectivity index (χ0v) is 11.7. The number of rotatable bonds is 5. The number of nitrogens with one attached hydrogen (secondary N) is 1. The van der Waals surface area contributed by atoms with Crippen LogP contribution in [0.2, 0.25) is 0 Å². The van der Waals surface area contributed by atoms with Crippen molar-refractivity contribution in [1.29, 1.82) is 0 Å². The summed E-state index contributed by atoms with van der Waals surface area (Å²) in [5.74, 6) is 2.27. The van der Waals surface area contributed by atoms with Crippen molar-refractivity contribution in [2.45, 2.75) is 52.4 Å². The van der Waals surface area contributed by atoms with Crippen molar-refractivity contribution in [1.82, 2.24) is 9.97 Å². The van der Waals surface area contributed by atoms with Crippen LogP contribution in [0.1, 0.15) is 56.8 Å². The van der Waals surface area contributed by atoms with E-state index in [1.807, 2.05) is 6.92 Å². The van der Waals surface area contributed by atoms with E-state index in [1.165, 1.54) is 25.7 Å². The van der Waals surface area contributed by atoms with Gasteiger partial charge in [-0.15, -0.1) is 0 Å². The van der Waals surface area contributed by atoms with Gasteiger partial charge in [0.1, 0.15) is 0 Å². The maximum absolute atomic E-state index is 4.62. The van der Waals surface area contributed by atoms with E-state index >= 15 is 0 Å². The summed E-state index contributed by atoms with van der Waals surface area (Å²) in [6.45, 7) is 7.47. The van der Waals surface area contributed by atoms with Gasteiger partial charge < -0.3 is 5.32 Å². The third kappa shape index (κ3) is 2.36. The largest absolute Gasteiger partial charge is 0.354 e. The van der Waals surface area contributed by atoms with Crippen molar-refractivity contribution in [2.75, 3.05) is 11.9 Å². The Labute approximate surface area is 109 Å². The highest BCUT2D eigenvalue weighted by Gasteiger charge is 2.53. The standard InChI is InChI=1S/C15H23N3/c1-10(2)13-8-11(3)17-14(18-13)16-9-15(6-7-15)12-4-5-12/h8,10,12H,4-7,9H2,1-3H3,(H,16,17,18). The van der Waals surface area contributed by atoms with Crippen molar-refractivity contribution in [3.63, 3.8) is 0 Å². The lowest BCUT2D eigenvalue weighted by Gasteiger charge is -2.16. The predicted molar refractivity (Wildman–Crippen MR) is 73.7 cm³/mol. The van der Waals surface area contributed by atoms with E-state index < -0.39 is 0 Å². The quantitative estimate of drug-likeness (QED) is 0.862. The van der Waals surface area contributed by atoms with Gasteiger partial charge in [-0.05, 0) is 55.9 Å². The zero-order chi connectivity index (χ0) is 12.8. The summed E-state index contributed by atoms with van der Waals surface area (Å²) in [5.41, 5.74) is 2.80.